The Kier molecular flexibility index (Phi) is 7.59. The van der Waals surface area contributed by atoms with Crippen molar-refractivity contribution in [3.63, 3.8) is 0 Å². The van der Waals surface area contributed by atoms with Crippen LogP contribution in [0.1, 0.15) is 35.6 Å². The van der Waals surface area contributed by atoms with Gasteiger partial charge < -0.3 is 5.32 Å². The molecule has 0 bridgehead atoms. The van der Waals surface area contributed by atoms with E-state index in [1.807, 2.05) is 42.5 Å². The van der Waals surface area contributed by atoms with Crippen LogP contribution in [0.4, 0.5) is 23.2 Å². The molecule has 1 fully saturated rings. The van der Waals surface area contributed by atoms with Crippen LogP contribution in [0.25, 0.3) is 26.6 Å². The van der Waals surface area contributed by atoms with Gasteiger partial charge in [0.25, 0.3) is 5.92 Å². The fourth-order valence-electron chi connectivity index (χ4n) is 5.11. The predicted octanol–water partition coefficient (Wildman–Crippen LogP) is 8.51. The van der Waals surface area contributed by atoms with Crippen molar-refractivity contribution in [1.29, 1.82) is 0 Å². The highest BCUT2D eigenvalue weighted by Gasteiger charge is 2.31. The zero-order chi connectivity index (χ0) is 26.9. The van der Waals surface area contributed by atoms with Crippen molar-refractivity contribution >= 4 is 33.2 Å². The fraction of sp³-hybridized carbons (Fsp3) is 0.290. The molecule has 2 heterocycles. The third kappa shape index (κ3) is 5.49. The second kappa shape index (κ2) is 10.9. The number of rotatable bonds is 10. The molecular weight excluding hydrogens is 508 g/mol. The van der Waals surface area contributed by atoms with E-state index in [9.17, 15) is 17.6 Å². The van der Waals surface area contributed by atoms with Gasteiger partial charge in [0.2, 0.25) is 0 Å². The Morgan fingerprint density at radius 2 is 1.87 bits per heavy atom. The molecule has 0 radical (unpaired) electrons. The zero-order valence-electron chi connectivity index (χ0n) is 21.2. The second-order valence-corrected chi connectivity index (χ2v) is 11.0. The number of thiophene rings is 1. The molecule has 2 nitrogen and oxygen atoms in total. The van der Waals surface area contributed by atoms with E-state index < -0.39 is 11.7 Å². The van der Waals surface area contributed by atoms with E-state index in [1.165, 1.54) is 23.5 Å². The first-order valence-corrected chi connectivity index (χ1v) is 13.6. The van der Waals surface area contributed by atoms with E-state index in [1.54, 1.807) is 6.08 Å². The third-order valence-electron chi connectivity index (χ3n) is 7.04. The van der Waals surface area contributed by atoms with Gasteiger partial charge in [-0.25, -0.2) is 13.2 Å². The largest absolute Gasteiger partial charge is 0.380 e. The van der Waals surface area contributed by atoms with Crippen LogP contribution in [0.3, 0.4) is 0 Å². The minimum absolute atomic E-state index is 0.282. The number of halogens is 4. The van der Waals surface area contributed by atoms with Gasteiger partial charge in [-0.1, -0.05) is 49.1 Å². The molecule has 1 aromatic heterocycles. The summed E-state index contributed by atoms with van der Waals surface area (Å²) in [5.74, 6) is -3.87. The van der Waals surface area contributed by atoms with Crippen molar-refractivity contribution in [2.45, 2.75) is 31.7 Å². The highest BCUT2D eigenvalue weighted by molar-refractivity contribution is 7.22. The Bertz CT molecular complexity index is 1430. The number of nitrogens with one attached hydrogen (secondary N) is 1. The predicted molar refractivity (Wildman–Crippen MR) is 151 cm³/mol. The Morgan fingerprint density at radius 3 is 2.55 bits per heavy atom. The maximum Gasteiger partial charge on any atom is 0.271 e. The van der Waals surface area contributed by atoms with E-state index in [2.05, 4.69) is 16.8 Å². The number of hydrogen-bond donors (Lipinski definition) is 1. The fourth-order valence-corrected chi connectivity index (χ4v) is 6.48. The van der Waals surface area contributed by atoms with E-state index in [0.29, 0.717) is 24.4 Å². The molecule has 5 rings (SSSR count). The number of hydrogen-bond acceptors (Lipinski definition) is 3. The van der Waals surface area contributed by atoms with Crippen LogP contribution in [0, 0.1) is 5.82 Å². The quantitative estimate of drug-likeness (QED) is 0.204. The monoisotopic (exact) mass is 538 g/mol. The molecule has 0 amide bonds. The standard InChI is InChI=1S/C31H30F4N2S/c1-3-21-6-4-7-25-27(30(38-29(21)25)26-13-10-22(33)17-28(26)31(2,34)35)16-20-8-11-23(12-9-20)36-24-18-37(19-24)15-5-14-32/h3-4,6-13,17,24,36H,1,5,14-16,18-19H2,2H3. The number of anilines is 1. The second-order valence-electron chi connectivity index (χ2n) is 9.93. The summed E-state index contributed by atoms with van der Waals surface area (Å²) in [7, 11) is 0. The van der Waals surface area contributed by atoms with Gasteiger partial charge in [0.15, 0.2) is 0 Å². The first-order chi connectivity index (χ1) is 18.3. The molecule has 1 N–H and O–H groups in total. The van der Waals surface area contributed by atoms with E-state index >= 15 is 0 Å². The average molecular weight is 539 g/mol. The summed E-state index contributed by atoms with van der Waals surface area (Å²) in [5, 5.41) is 4.51. The summed E-state index contributed by atoms with van der Waals surface area (Å²) in [4.78, 5) is 2.95. The molecule has 7 heteroatoms. The number of benzene rings is 3. The number of likely N-dealkylation sites (tertiary alicyclic amines) is 1. The van der Waals surface area contributed by atoms with Crippen molar-refractivity contribution in [2.75, 3.05) is 31.6 Å². The Labute approximate surface area is 224 Å². The van der Waals surface area contributed by atoms with Crippen LogP contribution in [-0.2, 0) is 12.3 Å². The Balaban J connectivity index is 1.46. The number of nitrogens with zero attached hydrogens (tertiary/aromatic N) is 1. The van der Waals surface area contributed by atoms with Gasteiger partial charge in [-0.3, -0.25) is 9.29 Å². The molecule has 1 saturated heterocycles. The molecule has 1 aliphatic rings. The minimum Gasteiger partial charge on any atom is -0.380 e. The van der Waals surface area contributed by atoms with Crippen molar-refractivity contribution in [1.82, 2.24) is 4.90 Å². The highest BCUT2D eigenvalue weighted by atomic mass is 32.1. The van der Waals surface area contributed by atoms with E-state index in [-0.39, 0.29) is 12.2 Å². The van der Waals surface area contributed by atoms with E-state index in [0.717, 1.165) is 70.0 Å². The van der Waals surface area contributed by atoms with Crippen LogP contribution < -0.4 is 5.32 Å². The molecule has 4 aromatic rings. The van der Waals surface area contributed by atoms with Gasteiger partial charge in [-0.15, -0.1) is 11.3 Å². The molecule has 0 saturated carbocycles. The molecule has 198 valence electrons. The van der Waals surface area contributed by atoms with Gasteiger partial charge in [-0.05, 0) is 59.2 Å². The van der Waals surface area contributed by atoms with Crippen LogP contribution in [0.5, 0.6) is 0 Å². The zero-order valence-corrected chi connectivity index (χ0v) is 22.1. The molecule has 0 aliphatic carbocycles. The summed E-state index contributed by atoms with van der Waals surface area (Å²) in [6.45, 7) is 7.04. The smallest absolute Gasteiger partial charge is 0.271 e. The molecule has 3 aromatic carbocycles. The lowest BCUT2D eigenvalue weighted by Crippen LogP contribution is -2.54. The maximum absolute atomic E-state index is 14.6. The molecule has 1 aliphatic heterocycles. The first-order valence-electron chi connectivity index (χ1n) is 12.8. The normalized spacial score (nSPS) is 14.6. The first kappa shape index (κ1) is 26.4. The molecule has 0 unspecified atom stereocenters. The molecule has 0 spiro atoms. The van der Waals surface area contributed by atoms with Gasteiger partial charge in [0.05, 0.1) is 12.7 Å². The number of fused-ring (bicyclic) bond motifs is 1. The molecule has 38 heavy (non-hydrogen) atoms. The average Bonchev–Trinajstić information content (AvgIpc) is 3.24. The van der Waals surface area contributed by atoms with E-state index in [4.69, 9.17) is 0 Å². The van der Waals surface area contributed by atoms with Crippen LogP contribution in [-0.4, -0.2) is 37.3 Å². The van der Waals surface area contributed by atoms with Crippen LogP contribution in [0.2, 0.25) is 0 Å². The third-order valence-corrected chi connectivity index (χ3v) is 8.37. The summed E-state index contributed by atoms with van der Waals surface area (Å²) in [6, 6.07) is 18.1. The summed E-state index contributed by atoms with van der Waals surface area (Å²) >= 11 is 1.44. The summed E-state index contributed by atoms with van der Waals surface area (Å²) in [5.41, 5.74) is 3.98. The molecule has 0 atom stereocenters. The van der Waals surface area contributed by atoms with Crippen molar-refractivity contribution in [3.05, 3.63) is 95.3 Å². The van der Waals surface area contributed by atoms with Gasteiger partial charge in [0.1, 0.15) is 5.82 Å². The minimum atomic E-state index is -3.19. The number of alkyl halides is 3. The van der Waals surface area contributed by atoms with Crippen molar-refractivity contribution in [3.8, 4) is 10.4 Å². The van der Waals surface area contributed by atoms with Crippen LogP contribution >= 0.6 is 11.3 Å². The van der Waals surface area contributed by atoms with Crippen molar-refractivity contribution < 1.29 is 17.6 Å². The lowest BCUT2D eigenvalue weighted by atomic mass is 9.94. The SMILES string of the molecule is C=Cc1cccc2c(Cc3ccc(NC4CN(CCCF)C4)cc3)c(-c3ccc(F)cc3C(C)(F)F)sc12. The molecular formula is C31H30F4N2S. The lowest BCUT2D eigenvalue weighted by Gasteiger charge is -2.40. The summed E-state index contributed by atoms with van der Waals surface area (Å²) in [6.07, 6.45) is 2.89. The lowest BCUT2D eigenvalue weighted by molar-refractivity contribution is 0.0178. The highest BCUT2D eigenvalue weighted by Crippen LogP contribution is 2.45. The van der Waals surface area contributed by atoms with Crippen LogP contribution in [0.15, 0.2) is 67.2 Å². The van der Waals surface area contributed by atoms with Gasteiger partial charge in [-0.2, -0.15) is 0 Å². The topological polar surface area (TPSA) is 15.3 Å². The summed E-state index contributed by atoms with van der Waals surface area (Å²) < 4.78 is 56.6. The Hall–Kier alpha value is -3.16. The van der Waals surface area contributed by atoms with Gasteiger partial charge >= 0.3 is 0 Å². The van der Waals surface area contributed by atoms with Gasteiger partial charge in [0, 0.05) is 52.9 Å². The maximum atomic E-state index is 14.6. The van der Waals surface area contributed by atoms with Crippen molar-refractivity contribution in [2.24, 2.45) is 0 Å². The Morgan fingerprint density at radius 1 is 1.11 bits per heavy atom.